The summed E-state index contributed by atoms with van der Waals surface area (Å²) < 4.78 is 9.51. The zero-order valence-electron chi connectivity index (χ0n) is 13.9. The number of hydrogen-bond donors (Lipinski definition) is 2. The second kappa shape index (κ2) is 22.8. The topological polar surface area (TPSA) is 84.9 Å². The molecule has 0 rings (SSSR count). The van der Waals surface area contributed by atoms with Gasteiger partial charge < -0.3 is 19.9 Å². The van der Waals surface area contributed by atoms with Crippen LogP contribution in [0.25, 0.3) is 0 Å². The van der Waals surface area contributed by atoms with Gasteiger partial charge in [0.1, 0.15) is 6.54 Å². The number of carbonyl (C=O) groups excluding carboxylic acids is 1. The Morgan fingerprint density at radius 1 is 1.30 bits per heavy atom. The second-order valence-electron chi connectivity index (χ2n) is 3.95. The highest BCUT2D eigenvalue weighted by Gasteiger charge is 2.03. The molecule has 0 radical (unpaired) electrons. The maximum Gasteiger partial charge on any atom is 0.322 e. The van der Waals surface area contributed by atoms with Crippen LogP contribution in [0.2, 0.25) is 0 Å². The van der Waals surface area contributed by atoms with Gasteiger partial charge in [0.05, 0.1) is 12.2 Å². The quantitative estimate of drug-likeness (QED) is 0.599. The van der Waals surface area contributed by atoms with E-state index in [-0.39, 0.29) is 12.1 Å². The molecule has 0 aromatic heterocycles. The summed E-state index contributed by atoms with van der Waals surface area (Å²) in [6, 6.07) is 0. The number of carboxylic acid groups (broad SMARTS) is 1. The van der Waals surface area contributed by atoms with E-state index in [1.165, 1.54) is 0 Å². The minimum Gasteiger partial charge on any atom is -0.480 e. The zero-order valence-corrected chi connectivity index (χ0v) is 13.9. The van der Waals surface area contributed by atoms with Crippen molar-refractivity contribution >= 4 is 12.4 Å². The average Bonchev–Trinajstić information content (AvgIpc) is 2.40. The number of methoxy groups -OCH3 is 2. The summed E-state index contributed by atoms with van der Waals surface area (Å²) in [5, 5.41) is 9.79. The van der Waals surface area contributed by atoms with Gasteiger partial charge in [-0.3, -0.25) is 9.59 Å². The van der Waals surface area contributed by atoms with Crippen LogP contribution in [0.5, 0.6) is 0 Å². The van der Waals surface area contributed by atoms with Crippen molar-refractivity contribution in [3.8, 4) is 0 Å². The summed E-state index contributed by atoms with van der Waals surface area (Å²) in [7, 11) is 3.35. The second-order valence-corrected chi connectivity index (χ2v) is 3.95. The highest BCUT2D eigenvalue weighted by atomic mass is 16.5. The highest BCUT2D eigenvalue weighted by molar-refractivity contribution is 5.71. The van der Waals surface area contributed by atoms with Gasteiger partial charge in [0, 0.05) is 14.2 Å². The molecular weight excluding hydrogens is 262 g/mol. The third kappa shape index (κ3) is 69.9. The lowest BCUT2D eigenvalue weighted by molar-refractivity contribution is -0.136. The lowest BCUT2D eigenvalue weighted by atomic mass is 10.2. The van der Waals surface area contributed by atoms with Crippen LogP contribution in [0.1, 0.15) is 34.6 Å². The molecule has 6 heteroatoms. The molecular formula is C14H31NO5. The number of amides is 1. The van der Waals surface area contributed by atoms with Crippen molar-refractivity contribution in [2.24, 2.45) is 0 Å². The molecule has 122 valence electrons. The zero-order chi connectivity index (χ0) is 17.0. The fraction of sp³-hybridized carbons (Fsp3) is 0.714. The smallest absolute Gasteiger partial charge is 0.322 e. The average molecular weight is 293 g/mol. The molecule has 0 aliphatic carbocycles. The van der Waals surface area contributed by atoms with Gasteiger partial charge in [-0.2, -0.15) is 0 Å². The van der Waals surface area contributed by atoms with E-state index in [9.17, 15) is 9.59 Å². The van der Waals surface area contributed by atoms with Crippen molar-refractivity contribution < 1.29 is 24.2 Å². The molecule has 6 nitrogen and oxygen atoms in total. The summed E-state index contributed by atoms with van der Waals surface area (Å²) in [4.78, 5) is 18.9. The minimum atomic E-state index is -1.04. The fourth-order valence-electron chi connectivity index (χ4n) is 0.247. The van der Waals surface area contributed by atoms with Crippen molar-refractivity contribution in [1.82, 2.24) is 5.32 Å². The maximum absolute atomic E-state index is 9.54. The van der Waals surface area contributed by atoms with Gasteiger partial charge >= 0.3 is 5.97 Å². The van der Waals surface area contributed by atoms with E-state index in [1.54, 1.807) is 20.3 Å². The fourth-order valence-corrected chi connectivity index (χ4v) is 0.247. The Morgan fingerprint density at radius 3 is 1.75 bits per heavy atom. The van der Waals surface area contributed by atoms with Crippen molar-refractivity contribution in [3.05, 3.63) is 12.7 Å². The summed E-state index contributed by atoms with van der Waals surface area (Å²) in [6.07, 6.45) is 2.05. The first kappa shape index (κ1) is 27.0. The van der Waals surface area contributed by atoms with Crippen molar-refractivity contribution in [1.29, 1.82) is 0 Å². The molecule has 1 amide bonds. The van der Waals surface area contributed by atoms with Crippen molar-refractivity contribution in [3.63, 3.8) is 0 Å². The molecule has 0 aromatic carbocycles. The van der Waals surface area contributed by atoms with Gasteiger partial charge in [-0.05, 0) is 20.8 Å². The summed E-state index contributed by atoms with van der Waals surface area (Å²) in [6.45, 7) is 13.8. The first-order chi connectivity index (χ1) is 9.24. The van der Waals surface area contributed by atoms with Gasteiger partial charge in [-0.1, -0.05) is 19.9 Å². The minimum absolute atomic E-state index is 0.0417. The molecule has 0 heterocycles. The number of carbonyl (C=O) groups is 2. The lowest BCUT2D eigenvalue weighted by Crippen LogP contribution is -2.20. The molecule has 0 atom stereocenters. The van der Waals surface area contributed by atoms with Gasteiger partial charge in [0.15, 0.2) is 0 Å². The number of rotatable bonds is 5. The molecule has 0 spiro atoms. The molecule has 0 aromatic rings. The predicted molar refractivity (Wildman–Crippen MR) is 81.9 cm³/mol. The maximum atomic E-state index is 9.54. The van der Waals surface area contributed by atoms with Crippen LogP contribution in [0.4, 0.5) is 0 Å². The van der Waals surface area contributed by atoms with E-state index >= 15 is 0 Å². The van der Waals surface area contributed by atoms with Crippen LogP contribution in [0.3, 0.4) is 0 Å². The first-order valence-electron chi connectivity index (χ1n) is 6.29. The third-order valence-corrected chi connectivity index (χ3v) is 1.23. The molecule has 0 unspecified atom stereocenters. The standard InChI is InChI=1S/C5H12O.C4H8O.C3H5NO3.C2H6/c1-5(2,3)6-4;1-3-4-5-2;5-2-4-1-3(6)7;1-2/h1-4H3;3H,1,4H2,2H3;2H,1H2,(H,4,5)(H,6,7);1-2H3. The van der Waals surface area contributed by atoms with E-state index < -0.39 is 5.97 Å². The van der Waals surface area contributed by atoms with Crippen LogP contribution in [0.15, 0.2) is 12.7 Å². The van der Waals surface area contributed by atoms with E-state index in [2.05, 4.69) is 11.3 Å². The molecule has 0 bridgehead atoms. The van der Waals surface area contributed by atoms with Gasteiger partial charge in [0.25, 0.3) is 0 Å². The SMILES string of the molecule is C=CCOC.CC.COC(C)(C)C.O=CNCC(=O)O. The Labute approximate surface area is 123 Å². The van der Waals surface area contributed by atoms with E-state index in [0.29, 0.717) is 13.0 Å². The van der Waals surface area contributed by atoms with Gasteiger partial charge in [-0.15, -0.1) is 6.58 Å². The highest BCUT2D eigenvalue weighted by Crippen LogP contribution is 2.02. The molecule has 0 saturated carbocycles. The largest absolute Gasteiger partial charge is 0.480 e. The van der Waals surface area contributed by atoms with Crippen LogP contribution in [-0.2, 0) is 19.1 Å². The number of nitrogens with one attached hydrogen (secondary N) is 1. The Kier molecular flexibility index (Phi) is 30.7. The number of aliphatic carboxylic acids is 1. The van der Waals surface area contributed by atoms with E-state index in [4.69, 9.17) is 9.84 Å². The van der Waals surface area contributed by atoms with Gasteiger partial charge in [-0.25, -0.2) is 0 Å². The first-order valence-corrected chi connectivity index (χ1v) is 6.29. The Balaban J connectivity index is -0.0000000913. The molecule has 0 fully saturated rings. The monoisotopic (exact) mass is 293 g/mol. The number of ether oxygens (including phenoxy) is 2. The van der Waals surface area contributed by atoms with Crippen molar-refractivity contribution in [2.45, 2.75) is 40.2 Å². The Bertz CT molecular complexity index is 212. The molecule has 2 N–H and O–H groups in total. The van der Waals surface area contributed by atoms with E-state index in [1.807, 2.05) is 39.9 Å². The number of hydrogen-bond acceptors (Lipinski definition) is 4. The Morgan fingerprint density at radius 2 is 1.70 bits per heavy atom. The molecule has 0 saturated heterocycles. The summed E-state index contributed by atoms with van der Waals surface area (Å²) in [5.74, 6) is -1.04. The summed E-state index contributed by atoms with van der Waals surface area (Å²) >= 11 is 0. The van der Waals surface area contributed by atoms with Crippen LogP contribution >= 0.6 is 0 Å². The number of carboxylic acids is 1. The predicted octanol–water partition coefficient (Wildman–Crippen LogP) is 2.09. The van der Waals surface area contributed by atoms with Gasteiger partial charge in [0.2, 0.25) is 6.41 Å². The van der Waals surface area contributed by atoms with Crippen molar-refractivity contribution in [2.75, 3.05) is 27.4 Å². The van der Waals surface area contributed by atoms with Crippen LogP contribution in [0, 0.1) is 0 Å². The lowest BCUT2D eigenvalue weighted by Gasteiger charge is -2.14. The molecule has 0 aliphatic heterocycles. The van der Waals surface area contributed by atoms with Crippen LogP contribution < -0.4 is 5.32 Å². The normalized spacial score (nSPS) is 8.35. The Hall–Kier alpha value is -1.40. The summed E-state index contributed by atoms with van der Waals surface area (Å²) in [5.41, 5.74) is 0.0417. The molecule has 20 heavy (non-hydrogen) atoms. The van der Waals surface area contributed by atoms with E-state index in [0.717, 1.165) is 0 Å². The molecule has 0 aliphatic rings. The van der Waals surface area contributed by atoms with Crippen LogP contribution in [-0.4, -0.2) is 50.5 Å². The third-order valence-electron chi connectivity index (χ3n) is 1.23.